The highest BCUT2D eigenvalue weighted by atomic mass is 16.1. The van der Waals surface area contributed by atoms with Crippen LogP contribution in [0.4, 0.5) is 5.82 Å². The average molecular weight is 324 g/mol. The molecule has 24 heavy (non-hydrogen) atoms. The van der Waals surface area contributed by atoms with E-state index in [2.05, 4.69) is 46.4 Å². The maximum atomic E-state index is 12.7. The minimum Gasteiger partial charge on any atom is -0.351 e. The van der Waals surface area contributed by atoms with Crippen molar-refractivity contribution in [2.75, 3.05) is 24.5 Å². The summed E-state index contributed by atoms with van der Waals surface area (Å²) in [5, 5.41) is 3.13. The molecule has 4 nitrogen and oxygen atoms in total. The number of hydrogen-bond acceptors (Lipinski definition) is 2. The van der Waals surface area contributed by atoms with Crippen LogP contribution in [0.5, 0.6) is 0 Å². The van der Waals surface area contributed by atoms with E-state index in [1.54, 1.807) is 0 Å². The Hall–Kier alpha value is -2.36. The fourth-order valence-corrected chi connectivity index (χ4v) is 3.35. The Morgan fingerprint density at radius 3 is 2.62 bits per heavy atom. The van der Waals surface area contributed by atoms with Gasteiger partial charge in [0.1, 0.15) is 5.56 Å². The third-order valence-corrected chi connectivity index (χ3v) is 4.77. The van der Waals surface area contributed by atoms with Gasteiger partial charge in [-0.2, -0.15) is 0 Å². The number of hydrogen-bond donors (Lipinski definition) is 1. The van der Waals surface area contributed by atoms with E-state index in [1.165, 1.54) is 18.4 Å². The molecule has 1 aromatic carbocycles. The van der Waals surface area contributed by atoms with Gasteiger partial charge in [-0.1, -0.05) is 37.3 Å². The lowest BCUT2D eigenvalue weighted by atomic mass is 9.96. The van der Waals surface area contributed by atoms with E-state index < -0.39 is 0 Å². The Kier molecular flexibility index (Phi) is 5.47. The Morgan fingerprint density at radius 1 is 1.17 bits per heavy atom. The summed E-state index contributed by atoms with van der Waals surface area (Å²) >= 11 is 0. The lowest BCUT2D eigenvalue weighted by Gasteiger charge is -2.17. The number of pyridine rings is 1. The second kappa shape index (κ2) is 7.95. The Balaban J connectivity index is 1.69. The maximum Gasteiger partial charge on any atom is 0.287 e. The molecule has 2 N–H and O–H groups in total. The van der Waals surface area contributed by atoms with E-state index >= 15 is 0 Å². The molecule has 1 aliphatic heterocycles. The lowest BCUT2D eigenvalue weighted by Crippen LogP contribution is -2.33. The highest BCUT2D eigenvalue weighted by molar-refractivity contribution is 5.98. The van der Waals surface area contributed by atoms with Crippen molar-refractivity contribution in [2.45, 2.75) is 32.1 Å². The summed E-state index contributed by atoms with van der Waals surface area (Å²) in [5.74, 6) is 1.29. The van der Waals surface area contributed by atoms with Crippen LogP contribution in [0.1, 0.15) is 48.0 Å². The van der Waals surface area contributed by atoms with Gasteiger partial charge in [0.25, 0.3) is 11.7 Å². The van der Waals surface area contributed by atoms with Crippen molar-refractivity contribution < 1.29 is 9.78 Å². The minimum atomic E-state index is 0.00290. The number of nitrogens with one attached hydrogen (secondary N) is 2. The van der Waals surface area contributed by atoms with Crippen LogP contribution >= 0.6 is 0 Å². The fraction of sp³-hybridized carbons (Fsp3) is 0.400. The van der Waals surface area contributed by atoms with E-state index in [4.69, 9.17) is 0 Å². The maximum absolute atomic E-state index is 12.7. The summed E-state index contributed by atoms with van der Waals surface area (Å²) in [4.78, 5) is 18.2. The molecule has 1 fully saturated rings. The van der Waals surface area contributed by atoms with Crippen LogP contribution in [-0.2, 0) is 0 Å². The number of H-pyrrole nitrogens is 1. The second-order valence-corrected chi connectivity index (χ2v) is 6.35. The van der Waals surface area contributed by atoms with E-state index in [1.807, 2.05) is 24.4 Å². The van der Waals surface area contributed by atoms with Crippen LogP contribution < -0.4 is 15.2 Å². The van der Waals surface area contributed by atoms with Gasteiger partial charge >= 0.3 is 0 Å². The largest absolute Gasteiger partial charge is 0.351 e. The molecule has 2 aromatic rings. The number of anilines is 1. The number of aromatic nitrogens is 1. The third kappa shape index (κ3) is 3.75. The van der Waals surface area contributed by atoms with Gasteiger partial charge in [0.15, 0.2) is 0 Å². The second-order valence-electron chi connectivity index (χ2n) is 6.35. The number of benzene rings is 1. The minimum absolute atomic E-state index is 0.00290. The summed E-state index contributed by atoms with van der Waals surface area (Å²) in [5.41, 5.74) is 2.02. The molecule has 1 atom stereocenters. The van der Waals surface area contributed by atoms with Gasteiger partial charge in [-0.05, 0) is 37.0 Å². The molecule has 1 saturated heterocycles. The van der Waals surface area contributed by atoms with Crippen molar-refractivity contribution in [3.8, 4) is 0 Å². The molecule has 4 heteroatoms. The molecule has 0 spiro atoms. The van der Waals surface area contributed by atoms with Crippen LogP contribution in [0.25, 0.3) is 0 Å². The number of nitrogens with zero attached hydrogens (tertiary/aromatic N) is 1. The van der Waals surface area contributed by atoms with Gasteiger partial charge in [0, 0.05) is 12.5 Å². The van der Waals surface area contributed by atoms with Crippen LogP contribution in [0.2, 0.25) is 0 Å². The molecule has 0 aliphatic carbocycles. The quantitative estimate of drug-likeness (QED) is 0.888. The van der Waals surface area contributed by atoms with E-state index in [-0.39, 0.29) is 5.91 Å². The van der Waals surface area contributed by atoms with Crippen LogP contribution in [0.15, 0.2) is 48.7 Å². The summed E-state index contributed by atoms with van der Waals surface area (Å²) in [6.45, 7) is 4.86. The van der Waals surface area contributed by atoms with Crippen LogP contribution in [0.3, 0.4) is 0 Å². The molecule has 2 heterocycles. The van der Waals surface area contributed by atoms with Gasteiger partial charge in [0.05, 0.1) is 19.3 Å². The summed E-state index contributed by atoms with van der Waals surface area (Å²) in [6.07, 6.45) is 5.28. The monoisotopic (exact) mass is 324 g/mol. The zero-order valence-corrected chi connectivity index (χ0v) is 14.3. The molecular formula is C20H26N3O+. The topological polar surface area (TPSA) is 46.5 Å². The van der Waals surface area contributed by atoms with Crippen molar-refractivity contribution in [2.24, 2.45) is 0 Å². The first kappa shape index (κ1) is 16.5. The Labute approximate surface area is 143 Å². The normalized spacial score (nSPS) is 15.3. The Morgan fingerprint density at radius 2 is 1.92 bits per heavy atom. The molecule has 0 radical (unpaired) electrons. The van der Waals surface area contributed by atoms with Crippen molar-refractivity contribution >= 4 is 11.7 Å². The zero-order valence-electron chi connectivity index (χ0n) is 14.3. The predicted octanol–water partition coefficient (Wildman–Crippen LogP) is 3.02. The predicted molar refractivity (Wildman–Crippen MR) is 96.3 cm³/mol. The zero-order chi connectivity index (χ0) is 16.8. The molecule has 0 saturated carbocycles. The lowest BCUT2D eigenvalue weighted by molar-refractivity contribution is -0.364. The third-order valence-electron chi connectivity index (χ3n) is 4.77. The first-order valence-electron chi connectivity index (χ1n) is 8.88. The highest BCUT2D eigenvalue weighted by Crippen LogP contribution is 2.21. The molecule has 1 aromatic heterocycles. The standard InChI is InChI=1S/C20H25N3O/c1-2-16(17-9-4-3-5-10-17)15-22-20(24)18-11-8-12-21-19(18)23-13-6-7-14-23/h3-5,8-12,16H,2,6-7,13-15H2,1H3,(H,22,24)/p+1/t16-/m0/s1. The summed E-state index contributed by atoms with van der Waals surface area (Å²) in [7, 11) is 0. The van der Waals surface area contributed by atoms with Crippen LogP contribution in [0, 0.1) is 0 Å². The molecular weight excluding hydrogens is 298 g/mol. The summed E-state index contributed by atoms with van der Waals surface area (Å²) in [6, 6.07) is 14.2. The van der Waals surface area contributed by atoms with Gasteiger partial charge in [-0.3, -0.25) is 9.69 Å². The molecule has 1 amide bonds. The Bertz CT molecular complexity index is 666. The van der Waals surface area contributed by atoms with E-state index in [0.717, 1.165) is 30.9 Å². The first-order valence-corrected chi connectivity index (χ1v) is 8.88. The number of rotatable bonds is 6. The first-order chi connectivity index (χ1) is 11.8. The van der Waals surface area contributed by atoms with Crippen molar-refractivity contribution in [3.63, 3.8) is 0 Å². The summed E-state index contributed by atoms with van der Waals surface area (Å²) < 4.78 is 0. The smallest absolute Gasteiger partial charge is 0.287 e. The molecule has 126 valence electrons. The number of aromatic amines is 1. The number of carbonyl (C=O) groups is 1. The average Bonchev–Trinajstić information content (AvgIpc) is 3.17. The van der Waals surface area contributed by atoms with Gasteiger partial charge in [-0.25, -0.2) is 4.98 Å². The molecule has 3 rings (SSSR count). The van der Waals surface area contributed by atoms with Gasteiger partial charge < -0.3 is 5.32 Å². The van der Waals surface area contributed by atoms with Gasteiger partial charge in [0.2, 0.25) is 0 Å². The highest BCUT2D eigenvalue weighted by Gasteiger charge is 2.26. The van der Waals surface area contributed by atoms with E-state index in [9.17, 15) is 4.79 Å². The van der Waals surface area contributed by atoms with Crippen molar-refractivity contribution in [1.82, 2.24) is 5.32 Å². The van der Waals surface area contributed by atoms with Crippen molar-refractivity contribution in [3.05, 3.63) is 59.8 Å². The molecule has 1 aliphatic rings. The van der Waals surface area contributed by atoms with Crippen molar-refractivity contribution in [1.29, 1.82) is 0 Å². The number of carbonyl (C=O) groups excluding carboxylic acids is 1. The fourth-order valence-electron chi connectivity index (χ4n) is 3.35. The van der Waals surface area contributed by atoms with Crippen LogP contribution in [-0.4, -0.2) is 25.5 Å². The SMILES string of the molecule is CC[C@@H](CNC(=O)c1ccc[nH+]c1N1CCCC1)c1ccccc1. The van der Waals surface area contributed by atoms with Gasteiger partial charge in [-0.15, -0.1) is 0 Å². The van der Waals surface area contributed by atoms with E-state index in [0.29, 0.717) is 12.5 Å². The molecule has 0 bridgehead atoms. The molecule has 0 unspecified atom stereocenters. The number of amides is 1.